The lowest BCUT2D eigenvalue weighted by Crippen LogP contribution is -1.89. The Hall–Kier alpha value is -0.840. The molecule has 1 N–H and O–H groups in total. The number of allylic oxidation sites excluding steroid dienone is 1. The molecule has 3 heteroatoms. The van der Waals surface area contributed by atoms with E-state index < -0.39 is 5.97 Å². The van der Waals surface area contributed by atoms with Crippen molar-refractivity contribution in [2.45, 2.75) is 6.92 Å². The fourth-order valence-corrected chi connectivity index (χ4v) is 1.34. The van der Waals surface area contributed by atoms with Gasteiger partial charge in [0.25, 0.3) is 0 Å². The molecule has 0 spiro atoms. The van der Waals surface area contributed by atoms with Gasteiger partial charge in [0.1, 0.15) is 0 Å². The van der Waals surface area contributed by atoms with Crippen LogP contribution >= 0.6 is 22.6 Å². The van der Waals surface area contributed by atoms with Crippen LogP contribution in [0.4, 0.5) is 0 Å². The van der Waals surface area contributed by atoms with Crippen molar-refractivity contribution in [1.29, 1.82) is 0 Å². The molecular formula is C10H9IO2. The third-order valence-electron chi connectivity index (χ3n) is 1.64. The highest BCUT2D eigenvalue weighted by atomic mass is 127. The molecule has 0 atom stereocenters. The molecule has 0 saturated carbocycles. The smallest absolute Gasteiger partial charge is 0.328 e. The van der Waals surface area contributed by atoms with Crippen LogP contribution < -0.4 is 0 Å². The highest BCUT2D eigenvalue weighted by molar-refractivity contribution is 14.1. The Kier molecular flexibility index (Phi) is 3.48. The maximum Gasteiger partial charge on any atom is 0.328 e. The maximum absolute atomic E-state index is 10.4. The van der Waals surface area contributed by atoms with Crippen LogP contribution in [0.1, 0.15) is 12.5 Å². The summed E-state index contributed by atoms with van der Waals surface area (Å²) >= 11 is 2.21. The lowest BCUT2D eigenvalue weighted by Gasteiger charge is -1.99. The van der Waals surface area contributed by atoms with Gasteiger partial charge in [0.2, 0.25) is 0 Å². The van der Waals surface area contributed by atoms with Crippen LogP contribution in [0.15, 0.2) is 30.3 Å². The van der Waals surface area contributed by atoms with Gasteiger partial charge in [0.05, 0.1) is 0 Å². The lowest BCUT2D eigenvalue weighted by atomic mass is 10.1. The van der Waals surface area contributed by atoms with Gasteiger partial charge in [-0.15, -0.1) is 0 Å². The molecule has 0 aliphatic heterocycles. The van der Waals surface area contributed by atoms with Gasteiger partial charge < -0.3 is 5.11 Å². The number of hydrogen-bond donors (Lipinski definition) is 1. The fourth-order valence-electron chi connectivity index (χ4n) is 0.981. The molecule has 13 heavy (non-hydrogen) atoms. The van der Waals surface area contributed by atoms with Crippen LogP contribution in [0.25, 0.3) is 5.57 Å². The Morgan fingerprint density at radius 3 is 2.38 bits per heavy atom. The zero-order chi connectivity index (χ0) is 9.84. The van der Waals surface area contributed by atoms with Crippen molar-refractivity contribution in [2.75, 3.05) is 0 Å². The zero-order valence-corrected chi connectivity index (χ0v) is 9.28. The molecule has 1 aromatic rings. The Morgan fingerprint density at radius 2 is 1.92 bits per heavy atom. The maximum atomic E-state index is 10.4. The first-order chi connectivity index (χ1) is 6.09. The molecule has 1 aromatic carbocycles. The topological polar surface area (TPSA) is 37.3 Å². The highest BCUT2D eigenvalue weighted by Crippen LogP contribution is 2.15. The average Bonchev–Trinajstić information content (AvgIpc) is 2.04. The molecule has 1 rings (SSSR count). The quantitative estimate of drug-likeness (QED) is 0.671. The molecule has 0 aliphatic carbocycles. The SMILES string of the molecule is C/C(=C/C(=O)O)c1ccc(I)cc1. The summed E-state index contributed by atoms with van der Waals surface area (Å²) < 4.78 is 1.14. The molecule has 0 amide bonds. The average molecular weight is 288 g/mol. The summed E-state index contributed by atoms with van der Waals surface area (Å²) in [4.78, 5) is 10.4. The molecule has 0 bridgehead atoms. The summed E-state index contributed by atoms with van der Waals surface area (Å²) in [5.74, 6) is -0.906. The fraction of sp³-hybridized carbons (Fsp3) is 0.100. The van der Waals surface area contributed by atoms with Crippen molar-refractivity contribution < 1.29 is 9.90 Å². The second kappa shape index (κ2) is 4.41. The van der Waals surface area contributed by atoms with E-state index in [4.69, 9.17) is 5.11 Å². The van der Waals surface area contributed by atoms with Crippen molar-refractivity contribution in [3.05, 3.63) is 39.5 Å². The third-order valence-corrected chi connectivity index (χ3v) is 2.36. The largest absolute Gasteiger partial charge is 0.478 e. The minimum atomic E-state index is -0.906. The monoisotopic (exact) mass is 288 g/mol. The van der Waals surface area contributed by atoms with Crippen LogP contribution in [0, 0.1) is 3.57 Å². The number of aliphatic carboxylic acids is 1. The van der Waals surface area contributed by atoms with Crippen molar-refractivity contribution in [3.63, 3.8) is 0 Å². The summed E-state index contributed by atoms with van der Waals surface area (Å²) in [6.07, 6.45) is 1.21. The standard InChI is InChI=1S/C10H9IO2/c1-7(6-10(12)13)8-2-4-9(11)5-3-8/h2-6H,1H3,(H,12,13)/b7-6-. The van der Waals surface area contributed by atoms with Crippen LogP contribution in [-0.2, 0) is 4.79 Å². The number of carboxylic acid groups (broad SMARTS) is 1. The molecule has 0 aliphatic rings. The Balaban J connectivity index is 2.96. The molecule has 0 aromatic heterocycles. The summed E-state index contributed by atoms with van der Waals surface area (Å²) in [6.45, 7) is 1.79. The van der Waals surface area contributed by atoms with Crippen molar-refractivity contribution in [1.82, 2.24) is 0 Å². The summed E-state index contributed by atoms with van der Waals surface area (Å²) in [6, 6.07) is 7.73. The van der Waals surface area contributed by atoms with Crippen molar-refractivity contribution in [2.24, 2.45) is 0 Å². The molecule has 0 heterocycles. The van der Waals surface area contributed by atoms with Crippen molar-refractivity contribution >= 4 is 34.1 Å². The molecule has 0 unspecified atom stereocenters. The molecular weight excluding hydrogens is 279 g/mol. The van der Waals surface area contributed by atoms with Crippen LogP contribution in [0.5, 0.6) is 0 Å². The normalized spacial score (nSPS) is 11.4. The first-order valence-corrected chi connectivity index (χ1v) is 4.84. The highest BCUT2D eigenvalue weighted by Gasteiger charge is 1.97. The van der Waals surface area contributed by atoms with E-state index in [1.54, 1.807) is 6.92 Å². The molecule has 2 nitrogen and oxygen atoms in total. The van der Waals surface area contributed by atoms with Gasteiger partial charge in [-0.2, -0.15) is 0 Å². The minimum Gasteiger partial charge on any atom is -0.478 e. The Morgan fingerprint density at radius 1 is 1.38 bits per heavy atom. The minimum absolute atomic E-state index is 0.768. The number of rotatable bonds is 2. The molecule has 0 radical (unpaired) electrons. The van der Waals surface area contributed by atoms with Crippen molar-refractivity contribution in [3.8, 4) is 0 Å². The summed E-state index contributed by atoms with van der Waals surface area (Å²) in [5.41, 5.74) is 1.71. The van der Waals surface area contributed by atoms with E-state index in [1.165, 1.54) is 6.08 Å². The van der Waals surface area contributed by atoms with Gasteiger partial charge in [-0.3, -0.25) is 0 Å². The third kappa shape index (κ3) is 3.18. The molecule has 68 valence electrons. The van der Waals surface area contributed by atoms with Gasteiger partial charge in [0.15, 0.2) is 0 Å². The van der Waals surface area contributed by atoms with Crippen LogP contribution in [0.3, 0.4) is 0 Å². The van der Waals surface area contributed by atoms with E-state index in [0.717, 1.165) is 14.7 Å². The number of benzene rings is 1. The van der Waals surface area contributed by atoms with E-state index in [9.17, 15) is 4.79 Å². The van der Waals surface area contributed by atoms with Crippen LogP contribution in [-0.4, -0.2) is 11.1 Å². The van der Waals surface area contributed by atoms with Crippen LogP contribution in [0.2, 0.25) is 0 Å². The lowest BCUT2D eigenvalue weighted by molar-refractivity contribution is -0.131. The van der Waals surface area contributed by atoms with Gasteiger partial charge >= 0.3 is 5.97 Å². The summed E-state index contributed by atoms with van der Waals surface area (Å²) in [7, 11) is 0. The predicted molar refractivity (Wildman–Crippen MR) is 60.4 cm³/mol. The van der Waals surface area contributed by atoms with E-state index in [1.807, 2.05) is 24.3 Å². The number of carbonyl (C=O) groups is 1. The van der Waals surface area contributed by atoms with Gasteiger partial charge in [-0.25, -0.2) is 4.79 Å². The number of halogens is 1. The van der Waals surface area contributed by atoms with Gasteiger partial charge in [-0.1, -0.05) is 12.1 Å². The molecule has 0 saturated heterocycles. The zero-order valence-electron chi connectivity index (χ0n) is 7.12. The number of carboxylic acids is 1. The van der Waals surface area contributed by atoms with E-state index >= 15 is 0 Å². The van der Waals surface area contributed by atoms with Gasteiger partial charge in [0, 0.05) is 9.65 Å². The van der Waals surface area contributed by atoms with E-state index in [-0.39, 0.29) is 0 Å². The Labute approximate surface area is 90.4 Å². The molecule has 0 fully saturated rings. The number of hydrogen-bond acceptors (Lipinski definition) is 1. The summed E-state index contributed by atoms with van der Waals surface area (Å²) in [5, 5.41) is 8.52. The second-order valence-electron chi connectivity index (χ2n) is 2.67. The van der Waals surface area contributed by atoms with E-state index in [0.29, 0.717) is 0 Å². The van der Waals surface area contributed by atoms with E-state index in [2.05, 4.69) is 22.6 Å². The predicted octanol–water partition coefficient (Wildman–Crippen LogP) is 2.78. The second-order valence-corrected chi connectivity index (χ2v) is 3.92. The first-order valence-electron chi connectivity index (χ1n) is 3.77. The Bertz CT molecular complexity index is 338. The first kappa shape index (κ1) is 10.2. The van der Waals surface area contributed by atoms with Gasteiger partial charge in [-0.05, 0) is 52.8 Å².